The lowest BCUT2D eigenvalue weighted by Gasteiger charge is -2.42. The number of likely N-dealkylation sites (tertiary alicyclic amines) is 1. The van der Waals surface area contributed by atoms with Crippen molar-refractivity contribution >= 4 is 11.8 Å². The van der Waals surface area contributed by atoms with Crippen LogP contribution in [0.25, 0.3) is 11.1 Å². The Hall–Kier alpha value is -3.54. The summed E-state index contributed by atoms with van der Waals surface area (Å²) in [5.41, 5.74) is 3.30. The number of hydrogen-bond acceptors (Lipinski definition) is 4. The number of piperidine rings is 1. The topological polar surface area (TPSA) is 75.2 Å². The Labute approximate surface area is 195 Å². The van der Waals surface area contributed by atoms with Crippen molar-refractivity contribution in [2.24, 2.45) is 5.41 Å². The highest BCUT2D eigenvalue weighted by atomic mass is 16.2. The van der Waals surface area contributed by atoms with Crippen molar-refractivity contribution < 1.29 is 9.59 Å². The van der Waals surface area contributed by atoms with E-state index in [9.17, 15) is 9.59 Å². The molecule has 2 amide bonds. The Morgan fingerprint density at radius 1 is 1.06 bits per heavy atom. The molecule has 0 bridgehead atoms. The molecule has 0 saturated carbocycles. The fraction of sp³-hybridized carbons (Fsp3) is 0.333. The third-order valence-corrected chi connectivity index (χ3v) is 6.27. The average molecular weight is 443 g/mol. The van der Waals surface area contributed by atoms with Crippen LogP contribution in [0.2, 0.25) is 0 Å². The van der Waals surface area contributed by atoms with Crippen molar-refractivity contribution in [1.82, 2.24) is 20.2 Å². The molecule has 3 aromatic rings. The van der Waals surface area contributed by atoms with E-state index in [-0.39, 0.29) is 18.2 Å². The first-order chi connectivity index (χ1) is 16.1. The monoisotopic (exact) mass is 442 g/mol. The number of carbonyl (C=O) groups excluding carboxylic acids is 2. The minimum Gasteiger partial charge on any atom is -0.356 e. The van der Waals surface area contributed by atoms with E-state index in [2.05, 4.69) is 33.5 Å². The van der Waals surface area contributed by atoms with Gasteiger partial charge in [0.25, 0.3) is 0 Å². The number of carbonyl (C=O) groups is 2. The van der Waals surface area contributed by atoms with Gasteiger partial charge in [0.15, 0.2) is 0 Å². The first-order valence-corrected chi connectivity index (χ1v) is 11.5. The fourth-order valence-corrected chi connectivity index (χ4v) is 4.66. The Balaban J connectivity index is 1.57. The molecule has 1 aliphatic heterocycles. The highest BCUT2D eigenvalue weighted by molar-refractivity contribution is 5.85. The zero-order valence-electron chi connectivity index (χ0n) is 19.0. The van der Waals surface area contributed by atoms with Gasteiger partial charge in [0, 0.05) is 43.9 Å². The molecule has 1 fully saturated rings. The minimum atomic E-state index is -0.651. The molecule has 2 aromatic heterocycles. The lowest BCUT2D eigenvalue weighted by Crippen LogP contribution is -2.54. The van der Waals surface area contributed by atoms with Gasteiger partial charge in [0.2, 0.25) is 11.8 Å². The Morgan fingerprint density at radius 3 is 2.70 bits per heavy atom. The van der Waals surface area contributed by atoms with Gasteiger partial charge in [-0.25, -0.2) is 0 Å². The molecule has 1 N–H and O–H groups in total. The smallest absolute Gasteiger partial charge is 0.228 e. The number of benzene rings is 1. The molecular weight excluding hydrogens is 412 g/mol. The second-order valence-corrected chi connectivity index (χ2v) is 8.68. The normalized spacial score (nSPS) is 18.0. The second kappa shape index (κ2) is 10.4. The number of hydrogen-bond donors (Lipinski definition) is 1. The summed E-state index contributed by atoms with van der Waals surface area (Å²) in [7, 11) is 0. The van der Waals surface area contributed by atoms with Gasteiger partial charge in [-0.05, 0) is 61.1 Å². The summed E-state index contributed by atoms with van der Waals surface area (Å²) >= 11 is 0. The molecule has 33 heavy (non-hydrogen) atoms. The molecule has 0 aliphatic carbocycles. The SMILES string of the molecule is CCNC(=O)C1(Cc2cccc(-c3cccnc3)c2)CCCN(C(=O)Cc2ccccn2)C1. The van der Waals surface area contributed by atoms with Gasteiger partial charge in [-0.2, -0.15) is 0 Å². The van der Waals surface area contributed by atoms with E-state index >= 15 is 0 Å². The van der Waals surface area contributed by atoms with E-state index < -0.39 is 5.41 Å². The average Bonchev–Trinajstić information content (AvgIpc) is 2.85. The van der Waals surface area contributed by atoms with Gasteiger partial charge >= 0.3 is 0 Å². The Morgan fingerprint density at radius 2 is 1.94 bits per heavy atom. The molecule has 1 saturated heterocycles. The quantitative estimate of drug-likeness (QED) is 0.606. The molecule has 1 aliphatic rings. The van der Waals surface area contributed by atoms with E-state index in [4.69, 9.17) is 0 Å². The van der Waals surface area contributed by atoms with Crippen LogP contribution < -0.4 is 5.32 Å². The molecule has 6 nitrogen and oxygen atoms in total. The van der Waals surface area contributed by atoms with Crippen LogP contribution in [0, 0.1) is 5.41 Å². The first-order valence-electron chi connectivity index (χ1n) is 11.5. The van der Waals surface area contributed by atoms with Gasteiger partial charge < -0.3 is 10.2 Å². The van der Waals surface area contributed by atoms with Crippen LogP contribution in [0.15, 0.2) is 73.2 Å². The standard InChI is InChI=1S/C27H30N4O2/c1-2-29-26(33)27(18-21-8-5-9-22(16-21)23-10-6-13-28-19-23)12-7-15-31(20-27)25(32)17-24-11-3-4-14-30-24/h3-6,8-11,13-14,16,19H,2,7,12,15,17-18,20H2,1H3,(H,29,33). The molecule has 1 atom stereocenters. The van der Waals surface area contributed by atoms with Gasteiger partial charge in [-0.1, -0.05) is 36.4 Å². The largest absolute Gasteiger partial charge is 0.356 e. The molecule has 6 heteroatoms. The number of aromatic nitrogens is 2. The summed E-state index contributed by atoms with van der Waals surface area (Å²) in [5.74, 6) is 0.0401. The predicted octanol–water partition coefficient (Wildman–Crippen LogP) is 3.67. The maximum atomic E-state index is 13.3. The molecule has 4 rings (SSSR count). The third kappa shape index (κ3) is 5.45. The maximum Gasteiger partial charge on any atom is 0.228 e. The number of nitrogens with zero attached hydrogens (tertiary/aromatic N) is 3. The van der Waals surface area contributed by atoms with Gasteiger partial charge in [-0.3, -0.25) is 19.6 Å². The molecule has 1 unspecified atom stereocenters. The molecule has 0 spiro atoms. The molecule has 1 aromatic carbocycles. The summed E-state index contributed by atoms with van der Waals surface area (Å²) in [6, 6.07) is 17.8. The molecule has 3 heterocycles. The molecule has 170 valence electrons. The number of nitrogens with one attached hydrogen (secondary N) is 1. The van der Waals surface area contributed by atoms with E-state index in [0.29, 0.717) is 26.1 Å². The minimum absolute atomic E-state index is 0.0196. The Kier molecular flexibility index (Phi) is 7.13. The number of amides is 2. The predicted molar refractivity (Wildman–Crippen MR) is 128 cm³/mol. The zero-order valence-corrected chi connectivity index (χ0v) is 19.0. The van der Waals surface area contributed by atoms with E-state index in [1.165, 1.54) is 0 Å². The highest BCUT2D eigenvalue weighted by Crippen LogP contribution is 2.35. The van der Waals surface area contributed by atoms with Crippen LogP contribution in [-0.4, -0.2) is 46.3 Å². The molecule has 0 radical (unpaired) electrons. The van der Waals surface area contributed by atoms with Gasteiger partial charge in [-0.15, -0.1) is 0 Å². The summed E-state index contributed by atoms with van der Waals surface area (Å²) in [6.45, 7) is 3.59. The summed E-state index contributed by atoms with van der Waals surface area (Å²) in [5, 5.41) is 3.03. The van der Waals surface area contributed by atoms with Crippen molar-refractivity contribution in [3.8, 4) is 11.1 Å². The lowest BCUT2D eigenvalue weighted by atomic mass is 9.74. The van der Waals surface area contributed by atoms with Crippen LogP contribution in [-0.2, 0) is 22.4 Å². The van der Waals surface area contributed by atoms with E-state index in [1.54, 1.807) is 12.4 Å². The van der Waals surface area contributed by atoms with Crippen LogP contribution in [0.5, 0.6) is 0 Å². The van der Waals surface area contributed by atoms with Crippen molar-refractivity contribution in [3.05, 3.63) is 84.4 Å². The van der Waals surface area contributed by atoms with E-state index in [1.807, 2.05) is 54.4 Å². The van der Waals surface area contributed by atoms with Crippen LogP contribution >= 0.6 is 0 Å². The summed E-state index contributed by atoms with van der Waals surface area (Å²) in [6.07, 6.45) is 7.69. The van der Waals surface area contributed by atoms with Crippen LogP contribution in [0.4, 0.5) is 0 Å². The zero-order chi connectivity index (χ0) is 23.1. The third-order valence-electron chi connectivity index (χ3n) is 6.27. The number of pyridine rings is 2. The van der Waals surface area contributed by atoms with Gasteiger partial charge in [0.05, 0.1) is 11.8 Å². The lowest BCUT2D eigenvalue weighted by molar-refractivity contribution is -0.141. The highest BCUT2D eigenvalue weighted by Gasteiger charge is 2.43. The van der Waals surface area contributed by atoms with Crippen molar-refractivity contribution in [3.63, 3.8) is 0 Å². The van der Waals surface area contributed by atoms with Crippen LogP contribution in [0.1, 0.15) is 31.0 Å². The fourth-order valence-electron chi connectivity index (χ4n) is 4.66. The van der Waals surface area contributed by atoms with Gasteiger partial charge in [0.1, 0.15) is 0 Å². The number of rotatable bonds is 7. The summed E-state index contributed by atoms with van der Waals surface area (Å²) < 4.78 is 0. The first kappa shape index (κ1) is 22.6. The van der Waals surface area contributed by atoms with Crippen molar-refractivity contribution in [2.45, 2.75) is 32.6 Å². The molecular formula is C27H30N4O2. The summed E-state index contributed by atoms with van der Waals surface area (Å²) in [4.78, 5) is 36.8. The maximum absolute atomic E-state index is 13.3. The van der Waals surface area contributed by atoms with Crippen molar-refractivity contribution in [1.29, 1.82) is 0 Å². The second-order valence-electron chi connectivity index (χ2n) is 8.68. The Bertz CT molecular complexity index is 1090. The van der Waals surface area contributed by atoms with Crippen LogP contribution in [0.3, 0.4) is 0 Å². The van der Waals surface area contributed by atoms with Crippen molar-refractivity contribution in [2.75, 3.05) is 19.6 Å². The van der Waals surface area contributed by atoms with E-state index in [0.717, 1.165) is 35.2 Å².